The van der Waals surface area contributed by atoms with E-state index in [4.69, 9.17) is 5.11 Å². The largest absolute Gasteiger partial charge is 0.379 e. The number of aliphatic hydroxyl groups is 1. The molecule has 0 fully saturated rings. The first-order chi connectivity index (χ1) is 2.77. The standard InChI is InChI=1S/C2H6BFNO/c4-3-1-2(5)6/h2,6H,1,5H2. The molecule has 0 rings (SSSR count). The van der Waals surface area contributed by atoms with E-state index in [0.29, 0.717) is 7.56 Å². The van der Waals surface area contributed by atoms with Gasteiger partial charge in [0.05, 0.1) is 6.23 Å². The molecule has 0 aromatic rings. The Labute approximate surface area is 36.4 Å². The molecule has 2 nitrogen and oxygen atoms in total. The van der Waals surface area contributed by atoms with Gasteiger partial charge in [-0.1, -0.05) is 0 Å². The summed E-state index contributed by atoms with van der Waals surface area (Å²) in [4.78, 5) is 0. The van der Waals surface area contributed by atoms with E-state index in [0.717, 1.165) is 0 Å². The highest BCUT2D eigenvalue weighted by Crippen LogP contribution is 1.79. The van der Waals surface area contributed by atoms with Gasteiger partial charge >= 0.3 is 7.56 Å². The minimum absolute atomic E-state index is 0.0833. The zero-order chi connectivity index (χ0) is 4.99. The fourth-order valence-corrected chi connectivity index (χ4v) is 0.0913. The molecule has 0 spiro atoms. The number of halogens is 1. The fourth-order valence-electron chi connectivity index (χ4n) is 0.0913. The van der Waals surface area contributed by atoms with Gasteiger partial charge < -0.3 is 15.2 Å². The molecule has 0 bridgehead atoms. The second-order valence-electron chi connectivity index (χ2n) is 0.957. The predicted molar refractivity (Wildman–Crippen MR) is 21.9 cm³/mol. The second kappa shape index (κ2) is 3.12. The number of hydrogen-bond donors (Lipinski definition) is 2. The number of aliphatic hydroxyl groups excluding tert-OH is 1. The lowest BCUT2D eigenvalue weighted by atomic mass is 9.99. The summed E-state index contributed by atoms with van der Waals surface area (Å²) in [7, 11) is 0.324. The van der Waals surface area contributed by atoms with Gasteiger partial charge in [-0.3, -0.25) is 0 Å². The molecule has 1 radical (unpaired) electrons. The van der Waals surface area contributed by atoms with Gasteiger partial charge in [0.15, 0.2) is 0 Å². The van der Waals surface area contributed by atoms with Crippen molar-refractivity contribution < 1.29 is 9.42 Å². The summed E-state index contributed by atoms with van der Waals surface area (Å²) in [6.45, 7) is 0. The summed E-state index contributed by atoms with van der Waals surface area (Å²) in [6.07, 6.45) is -1.12. The first kappa shape index (κ1) is 5.91. The minimum Gasteiger partial charge on any atom is -0.379 e. The molecule has 0 amide bonds. The molecule has 4 heteroatoms. The fraction of sp³-hybridized carbons (Fsp3) is 1.00. The Morgan fingerprint density at radius 2 is 2.50 bits per heavy atom. The number of rotatable bonds is 2. The van der Waals surface area contributed by atoms with Crippen LogP contribution in [-0.2, 0) is 0 Å². The maximum atomic E-state index is 10.9. The molecular weight excluding hydrogens is 83.8 g/mol. The van der Waals surface area contributed by atoms with Crippen molar-refractivity contribution in [1.29, 1.82) is 0 Å². The summed E-state index contributed by atoms with van der Waals surface area (Å²) < 4.78 is 10.9. The first-order valence-electron chi connectivity index (χ1n) is 1.63. The van der Waals surface area contributed by atoms with Crippen LogP contribution in [0.1, 0.15) is 0 Å². The first-order valence-corrected chi connectivity index (χ1v) is 1.63. The molecule has 0 aliphatic rings. The van der Waals surface area contributed by atoms with E-state index in [9.17, 15) is 4.32 Å². The smallest absolute Gasteiger partial charge is 0.358 e. The summed E-state index contributed by atoms with van der Waals surface area (Å²) in [5.74, 6) is 0. The van der Waals surface area contributed by atoms with Crippen LogP contribution in [0.25, 0.3) is 0 Å². The molecule has 0 aliphatic heterocycles. The maximum absolute atomic E-state index is 10.9. The third-order valence-corrected chi connectivity index (χ3v) is 0.331. The SMILES string of the molecule is NC(O)C[B]F. The van der Waals surface area contributed by atoms with Crippen LogP contribution in [0.4, 0.5) is 4.32 Å². The van der Waals surface area contributed by atoms with E-state index < -0.39 is 6.23 Å². The monoisotopic (exact) mass is 90.1 g/mol. The predicted octanol–water partition coefficient (Wildman–Crippen LogP) is -0.730. The van der Waals surface area contributed by atoms with Crippen molar-refractivity contribution in [3.05, 3.63) is 0 Å². The van der Waals surface area contributed by atoms with Gasteiger partial charge in [-0.2, -0.15) is 0 Å². The maximum Gasteiger partial charge on any atom is 0.358 e. The van der Waals surface area contributed by atoms with E-state index in [1.54, 1.807) is 0 Å². The van der Waals surface area contributed by atoms with Gasteiger partial charge in [0.1, 0.15) is 0 Å². The Hall–Kier alpha value is -0.0851. The van der Waals surface area contributed by atoms with Crippen LogP contribution in [0.2, 0.25) is 6.32 Å². The van der Waals surface area contributed by atoms with Gasteiger partial charge in [-0.15, -0.1) is 0 Å². The van der Waals surface area contributed by atoms with Crippen molar-refractivity contribution in [2.45, 2.75) is 12.5 Å². The van der Waals surface area contributed by atoms with Crippen LogP contribution < -0.4 is 5.73 Å². The Kier molecular flexibility index (Phi) is 3.07. The van der Waals surface area contributed by atoms with Crippen LogP contribution in [0.15, 0.2) is 0 Å². The molecule has 35 valence electrons. The van der Waals surface area contributed by atoms with E-state index >= 15 is 0 Å². The molecule has 0 aromatic carbocycles. The molecule has 0 saturated carbocycles. The van der Waals surface area contributed by atoms with Crippen LogP contribution >= 0.6 is 0 Å². The molecule has 0 aliphatic carbocycles. The zero-order valence-electron chi connectivity index (χ0n) is 3.26. The molecule has 0 aromatic heterocycles. The highest BCUT2D eigenvalue weighted by Gasteiger charge is 1.93. The van der Waals surface area contributed by atoms with Crippen LogP contribution in [0.5, 0.6) is 0 Å². The Morgan fingerprint density at radius 1 is 2.00 bits per heavy atom. The van der Waals surface area contributed by atoms with Crippen molar-refractivity contribution >= 4 is 7.56 Å². The summed E-state index contributed by atoms with van der Waals surface area (Å²) in [5.41, 5.74) is 4.69. The molecule has 3 N–H and O–H groups in total. The lowest BCUT2D eigenvalue weighted by molar-refractivity contribution is 0.201. The topological polar surface area (TPSA) is 46.2 Å². The van der Waals surface area contributed by atoms with Crippen molar-refractivity contribution in [2.75, 3.05) is 0 Å². The van der Waals surface area contributed by atoms with Crippen molar-refractivity contribution in [3.8, 4) is 0 Å². The molecule has 0 heterocycles. The van der Waals surface area contributed by atoms with Gasteiger partial charge in [0.2, 0.25) is 0 Å². The normalized spacial score (nSPS) is 13.8. The molecule has 1 atom stereocenters. The lowest BCUT2D eigenvalue weighted by Crippen LogP contribution is -2.18. The van der Waals surface area contributed by atoms with Gasteiger partial charge in [0.25, 0.3) is 0 Å². The van der Waals surface area contributed by atoms with E-state index in [1.165, 1.54) is 0 Å². The molecular formula is C2H6BFNO. The second-order valence-corrected chi connectivity index (χ2v) is 0.957. The summed E-state index contributed by atoms with van der Waals surface area (Å²) >= 11 is 0. The van der Waals surface area contributed by atoms with E-state index in [-0.39, 0.29) is 6.32 Å². The Morgan fingerprint density at radius 3 is 2.50 bits per heavy atom. The number of nitrogens with two attached hydrogens (primary N) is 1. The zero-order valence-corrected chi connectivity index (χ0v) is 3.26. The van der Waals surface area contributed by atoms with Gasteiger partial charge in [-0.05, 0) is 6.32 Å². The molecule has 0 saturated heterocycles. The third kappa shape index (κ3) is 3.91. The highest BCUT2D eigenvalue weighted by molar-refractivity contribution is 6.26. The lowest BCUT2D eigenvalue weighted by Gasteiger charge is -1.93. The molecule has 6 heavy (non-hydrogen) atoms. The number of hydrogen-bond acceptors (Lipinski definition) is 2. The van der Waals surface area contributed by atoms with Gasteiger partial charge in [0, 0.05) is 0 Å². The van der Waals surface area contributed by atoms with Crippen molar-refractivity contribution in [1.82, 2.24) is 0 Å². The summed E-state index contributed by atoms with van der Waals surface area (Å²) in [6, 6.07) is 0. The Bertz CT molecular complexity index is 34.7. The Balaban J connectivity index is 2.63. The van der Waals surface area contributed by atoms with Crippen molar-refractivity contribution in [2.24, 2.45) is 5.73 Å². The quantitative estimate of drug-likeness (QED) is 0.346. The van der Waals surface area contributed by atoms with Crippen LogP contribution in [0.3, 0.4) is 0 Å². The molecule has 1 unspecified atom stereocenters. The average molecular weight is 89.9 g/mol. The van der Waals surface area contributed by atoms with Gasteiger partial charge in [-0.25, -0.2) is 0 Å². The van der Waals surface area contributed by atoms with Crippen molar-refractivity contribution in [3.63, 3.8) is 0 Å². The van der Waals surface area contributed by atoms with E-state index in [2.05, 4.69) is 5.73 Å². The third-order valence-electron chi connectivity index (χ3n) is 0.331. The summed E-state index contributed by atoms with van der Waals surface area (Å²) in [5, 5.41) is 8.06. The van der Waals surface area contributed by atoms with E-state index in [1.807, 2.05) is 0 Å². The van der Waals surface area contributed by atoms with Crippen LogP contribution in [0, 0.1) is 0 Å². The minimum atomic E-state index is -1.03. The van der Waals surface area contributed by atoms with Crippen LogP contribution in [-0.4, -0.2) is 18.9 Å². The highest BCUT2D eigenvalue weighted by atomic mass is 19.1. The average Bonchev–Trinajstić information content (AvgIpc) is 1.35.